The Balaban J connectivity index is 0.000000580. The van der Waals surface area contributed by atoms with Gasteiger partial charge in [-0.25, -0.2) is 14.5 Å². The second-order valence-corrected chi connectivity index (χ2v) is 9.54. The maximum absolute atomic E-state index is 10.7. The molecule has 0 saturated carbocycles. The maximum atomic E-state index is 9.87. The quantitative estimate of drug-likeness (QED) is 0.100. The van der Waals surface area contributed by atoms with E-state index in [2.05, 4.69) is 31.9 Å². The molecule has 0 aliphatic rings. The molecule has 0 fully saturated rings. The first-order valence-electron chi connectivity index (χ1n) is 10.4. The SMILES string of the molecule is CN(C)/C=C(\C=[N+](C)C)c1cccc(C#N)n1.F[P-](F)(F)(F)(F)F.N#Cc1cccc(-c2cn[nH]c2)n1.NN. The fraction of sp³-hybridized carbons (Fsp3) is 0.182. The Morgan fingerprint density at radius 2 is 1.46 bits per heavy atom. The van der Waals surface area contributed by atoms with Crippen LogP contribution in [-0.2, 0) is 0 Å². The van der Waals surface area contributed by atoms with Crippen molar-refractivity contribution in [1.82, 2.24) is 25.1 Å². The number of nitrogens with one attached hydrogen (secondary N) is 1. The molecule has 0 radical (unpaired) electrons. The molecule has 39 heavy (non-hydrogen) atoms. The average Bonchev–Trinajstić information content (AvgIpc) is 3.38. The number of nitriles is 2. The molecule has 212 valence electrons. The van der Waals surface area contributed by atoms with Crippen molar-refractivity contribution in [3.8, 4) is 23.4 Å². The molecule has 0 atom stereocenters. The van der Waals surface area contributed by atoms with E-state index in [1.165, 1.54) is 0 Å². The van der Waals surface area contributed by atoms with Gasteiger partial charge in [0.2, 0.25) is 0 Å². The molecule has 3 aromatic heterocycles. The van der Waals surface area contributed by atoms with Gasteiger partial charge in [-0.2, -0.15) is 15.6 Å². The Labute approximate surface area is 220 Å². The van der Waals surface area contributed by atoms with E-state index in [4.69, 9.17) is 10.5 Å². The molecule has 0 aliphatic carbocycles. The van der Waals surface area contributed by atoms with Crippen molar-refractivity contribution in [2.75, 3.05) is 28.2 Å². The summed E-state index contributed by atoms with van der Waals surface area (Å²) < 4.78 is 61.1. The van der Waals surface area contributed by atoms with Gasteiger partial charge in [0.15, 0.2) is 6.21 Å². The monoisotopic (exact) mass is 576 g/mol. The summed E-state index contributed by atoms with van der Waals surface area (Å²) in [5.74, 6) is 8.00. The summed E-state index contributed by atoms with van der Waals surface area (Å²) in [7, 11) is -2.83. The van der Waals surface area contributed by atoms with Crippen LogP contribution in [0.5, 0.6) is 0 Å². The van der Waals surface area contributed by atoms with Crippen molar-refractivity contribution in [1.29, 1.82) is 10.5 Å². The summed E-state index contributed by atoms with van der Waals surface area (Å²) in [6.07, 6.45) is 7.36. The Bertz CT molecular complexity index is 1330. The predicted octanol–water partition coefficient (Wildman–Crippen LogP) is 4.74. The predicted molar refractivity (Wildman–Crippen MR) is 137 cm³/mol. The van der Waals surface area contributed by atoms with Crippen molar-refractivity contribution in [2.45, 2.75) is 0 Å². The number of nitrogens with zero attached hydrogens (tertiary/aromatic N) is 7. The van der Waals surface area contributed by atoms with E-state index in [9.17, 15) is 25.2 Å². The fourth-order valence-corrected chi connectivity index (χ4v) is 2.43. The summed E-state index contributed by atoms with van der Waals surface area (Å²) in [5.41, 5.74) is 4.26. The normalized spacial score (nSPS) is 12.1. The summed E-state index contributed by atoms with van der Waals surface area (Å²) in [6.45, 7) is 0. The van der Waals surface area contributed by atoms with Crippen molar-refractivity contribution < 1.29 is 29.8 Å². The van der Waals surface area contributed by atoms with Crippen LogP contribution in [0.1, 0.15) is 17.1 Å². The molecule has 0 unspecified atom stereocenters. The molecule has 10 nitrogen and oxygen atoms in total. The summed E-state index contributed by atoms with van der Waals surface area (Å²) in [5, 5.41) is 24.0. The van der Waals surface area contributed by atoms with Gasteiger partial charge in [-0.15, -0.1) is 0 Å². The van der Waals surface area contributed by atoms with Gasteiger partial charge in [0.25, 0.3) is 0 Å². The average molecular weight is 576 g/mol. The van der Waals surface area contributed by atoms with E-state index in [0.717, 1.165) is 22.5 Å². The number of rotatable bonds is 4. The van der Waals surface area contributed by atoms with E-state index in [-0.39, 0.29) is 0 Å². The summed E-state index contributed by atoms with van der Waals surface area (Å²) >= 11 is 0. The second-order valence-electron chi connectivity index (χ2n) is 7.63. The van der Waals surface area contributed by atoms with Crippen molar-refractivity contribution in [3.05, 3.63) is 72.1 Å². The van der Waals surface area contributed by atoms with E-state index in [1.807, 2.05) is 80.4 Å². The van der Waals surface area contributed by atoms with Crippen molar-refractivity contribution in [2.24, 2.45) is 11.7 Å². The molecule has 17 heteroatoms. The minimum Gasteiger partial charge on any atom is -0.285 e. The minimum absolute atomic E-state index is 0.415. The van der Waals surface area contributed by atoms with Gasteiger partial charge in [-0.3, -0.25) is 16.8 Å². The minimum atomic E-state index is -10.7. The van der Waals surface area contributed by atoms with Crippen LogP contribution in [0.2, 0.25) is 0 Å². The number of H-pyrrole nitrogens is 1. The molecule has 0 saturated heterocycles. The van der Waals surface area contributed by atoms with Crippen LogP contribution < -0.4 is 11.7 Å². The summed E-state index contributed by atoms with van der Waals surface area (Å²) in [4.78, 5) is 10.4. The Kier molecular flexibility index (Phi) is 12.4. The van der Waals surface area contributed by atoms with Crippen LogP contribution in [0.15, 0.2) is 55.0 Å². The number of pyridine rings is 2. The van der Waals surface area contributed by atoms with Crippen LogP contribution in [0.25, 0.3) is 16.8 Å². The number of hydrogen-bond donors (Lipinski definition) is 3. The maximum Gasteiger partial charge on any atom is 0.141 e. The first-order chi connectivity index (χ1) is 17.9. The van der Waals surface area contributed by atoms with Crippen LogP contribution in [-0.4, -0.2) is 64.0 Å². The number of hydrazine groups is 1. The molecule has 0 amide bonds. The number of hydrogen-bond acceptors (Lipinski definition) is 8. The number of aromatic nitrogens is 4. The first kappa shape index (κ1) is 34.6. The first-order valence-corrected chi connectivity index (χ1v) is 12.4. The van der Waals surface area contributed by atoms with E-state index in [1.54, 1.807) is 30.6 Å². The zero-order valence-corrected chi connectivity index (χ0v) is 22.2. The van der Waals surface area contributed by atoms with Crippen molar-refractivity contribution >= 4 is 19.6 Å². The van der Waals surface area contributed by atoms with Gasteiger partial charge in [0, 0.05) is 32.1 Å². The van der Waals surface area contributed by atoms with Crippen molar-refractivity contribution in [3.63, 3.8) is 0 Å². The fourth-order valence-electron chi connectivity index (χ4n) is 2.43. The van der Waals surface area contributed by atoms with Gasteiger partial charge in [-0.05, 0) is 24.3 Å². The van der Waals surface area contributed by atoms with Crippen LogP contribution in [0.3, 0.4) is 0 Å². The molecular formula is C22H27F6N10P. The smallest absolute Gasteiger partial charge is 0.141 e. The molecule has 3 heterocycles. The van der Waals surface area contributed by atoms with Gasteiger partial charge < -0.3 is 4.90 Å². The Morgan fingerprint density at radius 3 is 1.90 bits per heavy atom. The molecule has 5 N–H and O–H groups in total. The van der Waals surface area contributed by atoms with Crippen LogP contribution in [0.4, 0.5) is 25.2 Å². The van der Waals surface area contributed by atoms with Crippen LogP contribution in [0, 0.1) is 22.7 Å². The standard InChI is InChI=1S/C13H17N4.C9H6N4.F6P.H4N2/c1-16(2)9-11(10-17(3)4)13-7-5-6-12(8-14)15-13;10-4-8-2-1-3-9(13-8)7-5-11-12-6-7;1-7(2,3,4,5)6;1-2/h5-7,9-10H,1-4H3;1-3,5-6H,(H,11,12);;1-2H2/q+1;;-1;. The third-order valence-electron chi connectivity index (χ3n) is 3.61. The molecule has 3 aromatic rings. The van der Waals surface area contributed by atoms with Gasteiger partial charge in [-0.1, -0.05) is 12.1 Å². The molecule has 0 spiro atoms. The van der Waals surface area contributed by atoms with Gasteiger partial charge in [0.1, 0.15) is 37.6 Å². The third-order valence-corrected chi connectivity index (χ3v) is 3.61. The zero-order chi connectivity index (χ0) is 30.3. The van der Waals surface area contributed by atoms with E-state index >= 15 is 0 Å². The Hall–Kier alpha value is -4.37. The number of aromatic amines is 1. The number of halogens is 6. The second kappa shape index (κ2) is 14.0. The molecule has 0 bridgehead atoms. The number of allylic oxidation sites excluding steroid dienone is 1. The molecule has 0 aromatic carbocycles. The number of nitrogens with two attached hydrogens (primary N) is 2. The zero-order valence-electron chi connectivity index (χ0n) is 21.3. The van der Waals surface area contributed by atoms with E-state index in [0.29, 0.717) is 11.4 Å². The van der Waals surface area contributed by atoms with E-state index < -0.39 is 7.81 Å². The summed E-state index contributed by atoms with van der Waals surface area (Å²) in [6, 6.07) is 14.8. The van der Waals surface area contributed by atoms with Gasteiger partial charge in [0.05, 0.1) is 23.2 Å². The molecular weight excluding hydrogens is 549 g/mol. The Morgan fingerprint density at radius 1 is 0.949 bits per heavy atom. The van der Waals surface area contributed by atoms with Gasteiger partial charge >= 0.3 is 33.0 Å². The molecule has 0 aliphatic heterocycles. The van der Waals surface area contributed by atoms with Crippen LogP contribution >= 0.6 is 7.81 Å². The third kappa shape index (κ3) is 18.5. The topological polar surface area (TPSA) is 160 Å². The largest absolute Gasteiger partial charge is 0.285 e. The molecule has 3 rings (SSSR count).